The average Bonchev–Trinajstić information content (AvgIpc) is 2.24. The molecule has 4 N–H and O–H groups in total. The molecule has 4 nitrogen and oxygen atoms in total. The summed E-state index contributed by atoms with van der Waals surface area (Å²) in [5.41, 5.74) is 0.0362. The highest BCUT2D eigenvalue weighted by atomic mass is 16.3. The topological polar surface area (TPSA) is 72.7 Å². The quantitative estimate of drug-likeness (QED) is 0.641. The minimum Gasteiger partial charge on any atom is -0.508 e. The zero-order valence-electron chi connectivity index (χ0n) is 12.4. The normalized spacial score (nSPS) is 16.3. The van der Waals surface area contributed by atoms with Gasteiger partial charge in [-0.25, -0.2) is 0 Å². The van der Waals surface area contributed by atoms with Crippen molar-refractivity contribution in [2.75, 3.05) is 6.54 Å². The highest BCUT2D eigenvalue weighted by Gasteiger charge is 2.14. The van der Waals surface area contributed by atoms with Crippen molar-refractivity contribution in [2.24, 2.45) is 0 Å². The maximum Gasteiger partial charge on any atom is 0.121 e. The number of aliphatic hydroxyl groups is 2. The minimum atomic E-state index is -2.64. The Morgan fingerprint density at radius 1 is 1.41 bits per heavy atom. The van der Waals surface area contributed by atoms with E-state index >= 15 is 0 Å². The van der Waals surface area contributed by atoms with Crippen molar-refractivity contribution in [3.05, 3.63) is 29.3 Å². The molecular formula is C13H21NO3. The molecule has 1 atom stereocenters. The van der Waals surface area contributed by atoms with Gasteiger partial charge < -0.3 is 20.6 Å². The molecule has 0 heterocycles. The molecule has 4 heteroatoms. The number of aliphatic hydroxyl groups excluding tert-OH is 1. The molecule has 0 bridgehead atoms. The van der Waals surface area contributed by atoms with Crippen LogP contribution in [0.15, 0.2) is 18.2 Å². The fourth-order valence-corrected chi connectivity index (χ4v) is 1.37. The standard InChI is InChI=1S/C13H21NO3/c1-13(2,3)14-7-12(17)9-4-5-11(16)10(6-9)8-15/h4-6,12,14-17H,7-8H2,1-3H3/t12-/m1/s1/i8D2. The van der Waals surface area contributed by atoms with E-state index in [-0.39, 0.29) is 16.9 Å². The second-order valence-electron chi connectivity index (χ2n) is 5.04. The SMILES string of the molecule is [2H]C([2H])(O)c1cc([C@H](O)CNC(C)(C)C)ccc1O. The fraction of sp³-hybridized carbons (Fsp3) is 0.538. The van der Waals surface area contributed by atoms with Crippen LogP contribution >= 0.6 is 0 Å². The van der Waals surface area contributed by atoms with Crippen molar-refractivity contribution >= 4 is 0 Å². The maximum absolute atomic E-state index is 10.0. The van der Waals surface area contributed by atoms with Crippen molar-refractivity contribution in [1.29, 1.82) is 0 Å². The van der Waals surface area contributed by atoms with Gasteiger partial charge in [0.15, 0.2) is 0 Å². The Labute approximate surface area is 105 Å². The first-order chi connectivity index (χ1) is 8.50. The Morgan fingerprint density at radius 2 is 2.06 bits per heavy atom. The number of benzene rings is 1. The Kier molecular flexibility index (Phi) is 3.56. The largest absolute Gasteiger partial charge is 0.508 e. The lowest BCUT2D eigenvalue weighted by molar-refractivity contribution is 0.163. The third-order valence-electron chi connectivity index (χ3n) is 2.35. The Morgan fingerprint density at radius 3 is 2.59 bits per heavy atom. The summed E-state index contributed by atoms with van der Waals surface area (Å²) in [6.07, 6.45) is -0.846. The van der Waals surface area contributed by atoms with Gasteiger partial charge in [0, 0.05) is 17.6 Å². The van der Waals surface area contributed by atoms with E-state index < -0.39 is 12.7 Å². The maximum atomic E-state index is 10.0. The van der Waals surface area contributed by atoms with Crippen molar-refractivity contribution in [2.45, 2.75) is 39.0 Å². The molecule has 1 rings (SSSR count). The lowest BCUT2D eigenvalue weighted by atomic mass is 10.0. The van der Waals surface area contributed by atoms with Gasteiger partial charge in [0.05, 0.1) is 15.4 Å². The van der Waals surface area contributed by atoms with Gasteiger partial charge >= 0.3 is 0 Å². The van der Waals surface area contributed by atoms with E-state index in [1.54, 1.807) is 0 Å². The molecule has 0 fully saturated rings. The van der Waals surface area contributed by atoms with Crippen molar-refractivity contribution < 1.29 is 18.1 Å². The Bertz CT molecular complexity index is 438. The van der Waals surface area contributed by atoms with Gasteiger partial charge in [0.1, 0.15) is 5.75 Å². The van der Waals surface area contributed by atoms with Crippen LogP contribution in [0.5, 0.6) is 5.75 Å². The molecule has 0 aliphatic heterocycles. The molecule has 1 aromatic carbocycles. The summed E-state index contributed by atoms with van der Waals surface area (Å²) in [6, 6.07) is 4.03. The van der Waals surface area contributed by atoms with E-state index in [1.165, 1.54) is 18.2 Å². The second kappa shape index (κ2) is 5.49. The lowest BCUT2D eigenvalue weighted by Crippen LogP contribution is -2.38. The summed E-state index contributed by atoms with van der Waals surface area (Å²) >= 11 is 0. The highest BCUT2D eigenvalue weighted by Crippen LogP contribution is 2.22. The van der Waals surface area contributed by atoms with Crippen molar-refractivity contribution in [3.63, 3.8) is 0 Å². The van der Waals surface area contributed by atoms with Gasteiger partial charge in [-0.05, 0) is 38.5 Å². The van der Waals surface area contributed by atoms with E-state index in [1.807, 2.05) is 20.8 Å². The van der Waals surface area contributed by atoms with Crippen molar-refractivity contribution in [3.8, 4) is 5.75 Å². The predicted molar refractivity (Wildman–Crippen MR) is 66.7 cm³/mol. The van der Waals surface area contributed by atoms with Crippen molar-refractivity contribution in [1.82, 2.24) is 5.32 Å². The fourth-order valence-electron chi connectivity index (χ4n) is 1.37. The summed E-state index contributed by atoms with van der Waals surface area (Å²) in [4.78, 5) is 0. The van der Waals surface area contributed by atoms with E-state index in [4.69, 9.17) is 2.74 Å². The van der Waals surface area contributed by atoms with Crippen LogP contribution in [0.3, 0.4) is 0 Å². The van der Waals surface area contributed by atoms with Crippen LogP contribution in [0.1, 0.15) is 40.7 Å². The molecule has 0 aliphatic carbocycles. The summed E-state index contributed by atoms with van der Waals surface area (Å²) in [7, 11) is 0. The molecule has 0 spiro atoms. The number of hydrogen-bond acceptors (Lipinski definition) is 4. The summed E-state index contributed by atoms with van der Waals surface area (Å²) in [5.74, 6) is -0.341. The number of hydrogen-bond donors (Lipinski definition) is 4. The molecule has 1 aromatic rings. The van der Waals surface area contributed by atoms with E-state index in [0.717, 1.165) is 0 Å². The van der Waals surface area contributed by atoms with Gasteiger partial charge in [0.2, 0.25) is 0 Å². The summed E-state index contributed by atoms with van der Waals surface area (Å²) < 4.78 is 14.4. The van der Waals surface area contributed by atoms with Crippen LogP contribution in [0.2, 0.25) is 0 Å². The highest BCUT2D eigenvalue weighted by molar-refractivity contribution is 5.36. The zero-order valence-corrected chi connectivity index (χ0v) is 10.4. The minimum absolute atomic E-state index is 0.147. The molecule has 0 aliphatic rings. The molecule has 0 saturated heterocycles. The molecule has 96 valence electrons. The van der Waals surface area contributed by atoms with Gasteiger partial charge in [0.25, 0.3) is 0 Å². The molecule has 0 amide bonds. The van der Waals surface area contributed by atoms with Crippen LogP contribution in [-0.2, 0) is 6.56 Å². The smallest absolute Gasteiger partial charge is 0.121 e. The van der Waals surface area contributed by atoms with E-state index in [0.29, 0.717) is 12.1 Å². The lowest BCUT2D eigenvalue weighted by Gasteiger charge is -2.23. The first-order valence-electron chi connectivity index (χ1n) is 6.49. The zero-order chi connectivity index (χ0) is 14.8. The molecule has 0 saturated carbocycles. The number of phenols is 1. The van der Waals surface area contributed by atoms with E-state index in [9.17, 15) is 15.3 Å². The molecule has 17 heavy (non-hydrogen) atoms. The third kappa shape index (κ3) is 4.34. The predicted octanol–water partition coefficient (Wildman–Crippen LogP) is 1.31. The summed E-state index contributed by atoms with van der Waals surface area (Å²) in [6.45, 7) is 3.55. The van der Waals surface area contributed by atoms with E-state index in [2.05, 4.69) is 5.32 Å². The number of β-amino-alcohol motifs (C(OH)–C–C–N with tert-alkyl or cyclic N) is 1. The third-order valence-corrected chi connectivity index (χ3v) is 2.35. The first-order valence-corrected chi connectivity index (χ1v) is 5.49. The van der Waals surface area contributed by atoms with Crippen LogP contribution in [0.25, 0.3) is 0 Å². The van der Waals surface area contributed by atoms with Crippen LogP contribution < -0.4 is 5.32 Å². The Hall–Kier alpha value is -1.10. The van der Waals surface area contributed by atoms with Gasteiger partial charge in [-0.1, -0.05) is 6.07 Å². The van der Waals surface area contributed by atoms with Crippen LogP contribution in [0.4, 0.5) is 0 Å². The van der Waals surface area contributed by atoms with Gasteiger partial charge in [-0.3, -0.25) is 0 Å². The number of nitrogens with one attached hydrogen (secondary N) is 1. The molecule has 0 radical (unpaired) electrons. The van der Waals surface area contributed by atoms with Gasteiger partial charge in [-0.15, -0.1) is 0 Å². The second-order valence-corrected chi connectivity index (χ2v) is 5.04. The summed E-state index contributed by atoms with van der Waals surface area (Å²) in [5, 5.41) is 32.0. The number of rotatable bonds is 4. The molecule has 0 unspecified atom stereocenters. The average molecular weight is 241 g/mol. The Balaban J connectivity index is 2.90. The number of aromatic hydroxyl groups is 1. The first kappa shape index (κ1) is 11.0. The molecule has 0 aromatic heterocycles. The van der Waals surface area contributed by atoms with Crippen LogP contribution in [-0.4, -0.2) is 27.4 Å². The van der Waals surface area contributed by atoms with Gasteiger partial charge in [-0.2, -0.15) is 0 Å². The molecular weight excluding hydrogens is 218 g/mol. The monoisotopic (exact) mass is 241 g/mol. The van der Waals surface area contributed by atoms with Crippen LogP contribution in [0, 0.1) is 0 Å².